The smallest absolute Gasteiger partial charge is 0.307 e. The van der Waals surface area contributed by atoms with Gasteiger partial charge in [-0.05, 0) is 41.0 Å². The Hall–Kier alpha value is -3.35. The Balaban J connectivity index is 1.87. The fourth-order valence-corrected chi connectivity index (χ4v) is 3.23. The molecule has 0 bridgehead atoms. The summed E-state index contributed by atoms with van der Waals surface area (Å²) in [6.07, 6.45) is -0.0953. The van der Waals surface area contributed by atoms with Crippen LogP contribution in [0.2, 0.25) is 0 Å². The van der Waals surface area contributed by atoms with E-state index in [1.807, 2.05) is 48.5 Å². The van der Waals surface area contributed by atoms with Crippen LogP contribution in [0.25, 0.3) is 11.1 Å². The summed E-state index contributed by atoms with van der Waals surface area (Å²) in [5.74, 6) is 0.353. The molecule has 156 valence electrons. The van der Waals surface area contributed by atoms with Crippen molar-refractivity contribution in [2.45, 2.75) is 19.1 Å². The molecule has 3 rings (SSSR count). The third-order valence-electron chi connectivity index (χ3n) is 4.79. The number of carboxylic acid groups (broad SMARTS) is 1. The van der Waals surface area contributed by atoms with Crippen molar-refractivity contribution in [2.75, 3.05) is 13.7 Å². The number of benzene rings is 3. The van der Waals surface area contributed by atoms with Crippen LogP contribution in [-0.4, -0.2) is 29.9 Å². The molecule has 30 heavy (non-hydrogen) atoms. The minimum absolute atomic E-state index is 0.0953. The Bertz CT molecular complexity index is 1020. The SMILES string of the molecule is COc1ccc(COc2ccccc2CC(=O)O)cc1-c1cccc([C@H](N)CO)c1. The van der Waals surface area contributed by atoms with E-state index in [9.17, 15) is 9.90 Å². The van der Waals surface area contributed by atoms with E-state index in [2.05, 4.69) is 0 Å². The molecule has 0 unspecified atom stereocenters. The number of nitrogens with two attached hydrogens (primary N) is 1. The molecule has 3 aromatic carbocycles. The van der Waals surface area contributed by atoms with E-state index in [1.165, 1.54) is 0 Å². The number of aliphatic carboxylic acids is 1. The molecule has 0 saturated heterocycles. The van der Waals surface area contributed by atoms with Crippen LogP contribution in [0, 0.1) is 0 Å². The monoisotopic (exact) mass is 407 g/mol. The molecule has 0 fully saturated rings. The first-order valence-electron chi connectivity index (χ1n) is 9.58. The lowest BCUT2D eigenvalue weighted by Gasteiger charge is -2.15. The lowest BCUT2D eigenvalue weighted by molar-refractivity contribution is -0.136. The van der Waals surface area contributed by atoms with Crippen molar-refractivity contribution in [1.29, 1.82) is 0 Å². The molecule has 0 heterocycles. The summed E-state index contributed by atoms with van der Waals surface area (Å²) in [4.78, 5) is 11.1. The topological polar surface area (TPSA) is 102 Å². The molecule has 0 aliphatic rings. The molecule has 6 nitrogen and oxygen atoms in total. The minimum Gasteiger partial charge on any atom is -0.496 e. The highest BCUT2D eigenvalue weighted by molar-refractivity contribution is 5.72. The Morgan fingerprint density at radius 3 is 2.57 bits per heavy atom. The van der Waals surface area contributed by atoms with Crippen LogP contribution in [-0.2, 0) is 17.8 Å². The van der Waals surface area contributed by atoms with Gasteiger partial charge in [-0.15, -0.1) is 0 Å². The molecule has 6 heteroatoms. The molecule has 0 saturated carbocycles. The Kier molecular flexibility index (Phi) is 7.06. The minimum atomic E-state index is -0.904. The van der Waals surface area contributed by atoms with E-state index in [0.29, 0.717) is 17.1 Å². The van der Waals surface area contributed by atoms with Crippen molar-refractivity contribution < 1.29 is 24.5 Å². The number of carbonyl (C=O) groups is 1. The van der Waals surface area contributed by atoms with Gasteiger partial charge in [0.2, 0.25) is 0 Å². The summed E-state index contributed by atoms with van der Waals surface area (Å²) in [6, 6.07) is 20.1. The standard InChI is InChI=1S/C24H25NO5/c1-29-23-10-9-16(15-30-22-8-3-2-5-19(22)13-24(27)28)11-20(23)17-6-4-7-18(12-17)21(25)14-26/h2-12,21,26H,13-15,25H2,1H3,(H,27,28)/t21-/m1/s1. The van der Waals surface area contributed by atoms with Crippen LogP contribution in [0.1, 0.15) is 22.7 Å². The Morgan fingerprint density at radius 1 is 1.03 bits per heavy atom. The van der Waals surface area contributed by atoms with Crippen LogP contribution in [0.15, 0.2) is 66.7 Å². The van der Waals surface area contributed by atoms with Crippen LogP contribution in [0.4, 0.5) is 0 Å². The second kappa shape index (κ2) is 9.91. The summed E-state index contributed by atoms with van der Waals surface area (Å²) in [7, 11) is 1.61. The fraction of sp³-hybridized carbons (Fsp3) is 0.208. The predicted molar refractivity (Wildman–Crippen MR) is 115 cm³/mol. The van der Waals surface area contributed by atoms with Gasteiger partial charge >= 0.3 is 5.97 Å². The quantitative estimate of drug-likeness (QED) is 0.501. The molecular formula is C24H25NO5. The van der Waals surface area contributed by atoms with Gasteiger partial charge in [0.15, 0.2) is 0 Å². The van der Waals surface area contributed by atoms with Crippen molar-refractivity contribution in [3.8, 4) is 22.6 Å². The van der Waals surface area contributed by atoms with Gasteiger partial charge in [0.1, 0.15) is 18.1 Å². The summed E-state index contributed by atoms with van der Waals surface area (Å²) in [5, 5.41) is 18.4. The number of aliphatic hydroxyl groups is 1. The predicted octanol–water partition coefficient (Wildman–Crippen LogP) is 3.56. The number of para-hydroxylation sites is 1. The summed E-state index contributed by atoms with van der Waals surface area (Å²) >= 11 is 0. The van der Waals surface area contributed by atoms with Crippen molar-refractivity contribution >= 4 is 5.97 Å². The molecule has 0 aliphatic heterocycles. The maximum atomic E-state index is 11.1. The highest BCUT2D eigenvalue weighted by atomic mass is 16.5. The van der Waals surface area contributed by atoms with Gasteiger partial charge in [0, 0.05) is 11.1 Å². The molecule has 3 aromatic rings. The Labute approximate surface area is 175 Å². The number of rotatable bonds is 9. The van der Waals surface area contributed by atoms with Gasteiger partial charge in [0.25, 0.3) is 0 Å². The lowest BCUT2D eigenvalue weighted by atomic mass is 9.98. The van der Waals surface area contributed by atoms with Gasteiger partial charge < -0.3 is 25.4 Å². The first-order chi connectivity index (χ1) is 14.5. The van der Waals surface area contributed by atoms with Crippen molar-refractivity contribution in [2.24, 2.45) is 5.73 Å². The van der Waals surface area contributed by atoms with Gasteiger partial charge in [0.05, 0.1) is 26.2 Å². The van der Waals surface area contributed by atoms with Gasteiger partial charge in [-0.1, -0.05) is 42.5 Å². The fourth-order valence-electron chi connectivity index (χ4n) is 3.23. The number of hydrogen-bond donors (Lipinski definition) is 3. The third-order valence-corrected chi connectivity index (χ3v) is 4.79. The molecule has 0 radical (unpaired) electrons. The molecule has 0 amide bonds. The van der Waals surface area contributed by atoms with Gasteiger partial charge in [-0.2, -0.15) is 0 Å². The second-order valence-corrected chi connectivity index (χ2v) is 6.92. The first kappa shape index (κ1) is 21.4. The van der Waals surface area contributed by atoms with Crippen LogP contribution in [0.3, 0.4) is 0 Å². The highest BCUT2D eigenvalue weighted by Crippen LogP contribution is 2.32. The number of hydrogen-bond acceptors (Lipinski definition) is 5. The molecule has 0 aromatic heterocycles. The largest absolute Gasteiger partial charge is 0.496 e. The van der Waals surface area contributed by atoms with E-state index in [-0.39, 0.29) is 19.6 Å². The van der Waals surface area contributed by atoms with Crippen LogP contribution in [0.5, 0.6) is 11.5 Å². The maximum Gasteiger partial charge on any atom is 0.307 e. The zero-order chi connectivity index (χ0) is 21.5. The highest BCUT2D eigenvalue weighted by Gasteiger charge is 2.12. The number of carboxylic acids is 1. The normalized spacial score (nSPS) is 11.7. The number of ether oxygens (including phenoxy) is 2. The zero-order valence-electron chi connectivity index (χ0n) is 16.7. The van der Waals surface area contributed by atoms with Crippen molar-refractivity contribution in [1.82, 2.24) is 0 Å². The summed E-state index contributed by atoms with van der Waals surface area (Å²) in [5.41, 5.74) is 10.1. The molecule has 1 atom stereocenters. The third kappa shape index (κ3) is 5.17. The van der Waals surface area contributed by atoms with E-state index in [4.69, 9.17) is 20.3 Å². The maximum absolute atomic E-state index is 11.1. The van der Waals surface area contributed by atoms with E-state index < -0.39 is 12.0 Å². The average molecular weight is 407 g/mol. The summed E-state index contributed by atoms with van der Waals surface area (Å²) in [6.45, 7) is 0.147. The molecule has 4 N–H and O–H groups in total. The number of aliphatic hydroxyl groups excluding tert-OH is 1. The second-order valence-electron chi connectivity index (χ2n) is 6.92. The van der Waals surface area contributed by atoms with Crippen LogP contribution >= 0.6 is 0 Å². The number of methoxy groups -OCH3 is 1. The van der Waals surface area contributed by atoms with E-state index >= 15 is 0 Å². The average Bonchev–Trinajstić information content (AvgIpc) is 2.77. The lowest BCUT2D eigenvalue weighted by Crippen LogP contribution is -2.14. The van der Waals surface area contributed by atoms with E-state index in [0.717, 1.165) is 22.3 Å². The van der Waals surface area contributed by atoms with Crippen molar-refractivity contribution in [3.63, 3.8) is 0 Å². The Morgan fingerprint density at radius 2 is 1.83 bits per heavy atom. The van der Waals surface area contributed by atoms with E-state index in [1.54, 1.807) is 25.3 Å². The van der Waals surface area contributed by atoms with Gasteiger partial charge in [-0.25, -0.2) is 0 Å². The van der Waals surface area contributed by atoms with Crippen LogP contribution < -0.4 is 15.2 Å². The molecular weight excluding hydrogens is 382 g/mol. The van der Waals surface area contributed by atoms with Crippen molar-refractivity contribution in [3.05, 3.63) is 83.4 Å². The van der Waals surface area contributed by atoms with Gasteiger partial charge in [-0.3, -0.25) is 4.79 Å². The molecule has 0 aliphatic carbocycles. The zero-order valence-corrected chi connectivity index (χ0v) is 16.7. The molecule has 0 spiro atoms. The first-order valence-corrected chi connectivity index (χ1v) is 9.58. The summed E-state index contributed by atoms with van der Waals surface area (Å²) < 4.78 is 11.4.